The van der Waals surface area contributed by atoms with Gasteiger partial charge in [0.15, 0.2) is 0 Å². The Labute approximate surface area is 93.7 Å². The van der Waals surface area contributed by atoms with Crippen LogP contribution in [0.1, 0.15) is 11.7 Å². The van der Waals surface area contributed by atoms with Crippen molar-refractivity contribution >= 4 is 5.97 Å². The van der Waals surface area contributed by atoms with E-state index in [0.717, 1.165) is 11.6 Å². The lowest BCUT2D eigenvalue weighted by atomic mass is 10.1. The fraction of sp³-hybridized carbons (Fsp3) is 0.154. The van der Waals surface area contributed by atoms with Gasteiger partial charge in [-0.1, -0.05) is 42.5 Å². The number of benzene rings is 1. The summed E-state index contributed by atoms with van der Waals surface area (Å²) in [7, 11) is 0. The van der Waals surface area contributed by atoms with E-state index in [0.29, 0.717) is 0 Å². The number of ether oxygens (including phenoxy) is 1. The average Bonchev–Trinajstić information content (AvgIpc) is 2.76. The molecule has 1 aliphatic heterocycles. The van der Waals surface area contributed by atoms with Crippen molar-refractivity contribution in [2.45, 2.75) is 12.2 Å². The molecule has 16 heavy (non-hydrogen) atoms. The molecular formula is C13H12O3. The predicted octanol–water partition coefficient (Wildman–Crippen LogP) is 2.32. The van der Waals surface area contributed by atoms with Gasteiger partial charge in [0, 0.05) is 6.08 Å². The summed E-state index contributed by atoms with van der Waals surface area (Å²) in [5, 5.41) is 8.49. The largest absolute Gasteiger partial charge is 0.478 e. The Morgan fingerprint density at radius 2 is 2.00 bits per heavy atom. The maximum absolute atomic E-state index is 10.3. The van der Waals surface area contributed by atoms with Crippen LogP contribution in [-0.2, 0) is 9.53 Å². The van der Waals surface area contributed by atoms with E-state index in [1.807, 2.05) is 42.5 Å². The Kier molecular flexibility index (Phi) is 3.17. The van der Waals surface area contributed by atoms with Gasteiger partial charge in [-0.25, -0.2) is 4.79 Å². The van der Waals surface area contributed by atoms with E-state index in [2.05, 4.69) is 0 Å². The Morgan fingerprint density at radius 1 is 1.25 bits per heavy atom. The van der Waals surface area contributed by atoms with E-state index >= 15 is 0 Å². The molecule has 82 valence electrons. The second kappa shape index (κ2) is 4.77. The van der Waals surface area contributed by atoms with Gasteiger partial charge >= 0.3 is 5.97 Å². The highest BCUT2D eigenvalue weighted by atomic mass is 16.5. The van der Waals surface area contributed by atoms with Crippen LogP contribution in [0.25, 0.3) is 0 Å². The lowest BCUT2D eigenvalue weighted by Gasteiger charge is -2.11. The third-order valence-electron chi connectivity index (χ3n) is 2.34. The van der Waals surface area contributed by atoms with E-state index < -0.39 is 5.97 Å². The molecule has 0 bridgehead atoms. The van der Waals surface area contributed by atoms with E-state index in [1.165, 1.54) is 6.08 Å². The number of carbonyl (C=O) groups is 1. The molecule has 0 fully saturated rings. The molecule has 0 radical (unpaired) electrons. The zero-order chi connectivity index (χ0) is 11.4. The van der Waals surface area contributed by atoms with Gasteiger partial charge in [0.05, 0.1) is 6.10 Å². The summed E-state index contributed by atoms with van der Waals surface area (Å²) in [5.74, 6) is -0.958. The highest BCUT2D eigenvalue weighted by Gasteiger charge is 2.18. The summed E-state index contributed by atoms with van der Waals surface area (Å²) in [6.07, 6.45) is 6.10. The molecule has 1 heterocycles. The first kappa shape index (κ1) is 10.6. The smallest absolute Gasteiger partial charge is 0.328 e. The number of aliphatic carboxylic acids is 1. The second-order valence-electron chi connectivity index (χ2n) is 3.51. The van der Waals surface area contributed by atoms with Crippen LogP contribution in [0.4, 0.5) is 0 Å². The lowest BCUT2D eigenvalue weighted by molar-refractivity contribution is -0.131. The molecule has 2 rings (SSSR count). The van der Waals surface area contributed by atoms with Crippen molar-refractivity contribution in [2.75, 3.05) is 0 Å². The maximum atomic E-state index is 10.3. The van der Waals surface area contributed by atoms with Gasteiger partial charge in [0.2, 0.25) is 0 Å². The van der Waals surface area contributed by atoms with Gasteiger partial charge in [-0.3, -0.25) is 0 Å². The summed E-state index contributed by atoms with van der Waals surface area (Å²) in [6, 6.07) is 9.82. The van der Waals surface area contributed by atoms with Crippen molar-refractivity contribution in [1.82, 2.24) is 0 Å². The normalized spacial score (nSPS) is 24.0. The van der Waals surface area contributed by atoms with Crippen LogP contribution in [0.2, 0.25) is 0 Å². The topological polar surface area (TPSA) is 46.5 Å². The Morgan fingerprint density at radius 3 is 2.69 bits per heavy atom. The van der Waals surface area contributed by atoms with E-state index in [9.17, 15) is 4.79 Å². The maximum Gasteiger partial charge on any atom is 0.328 e. The van der Waals surface area contributed by atoms with Crippen LogP contribution < -0.4 is 0 Å². The highest BCUT2D eigenvalue weighted by molar-refractivity contribution is 5.79. The minimum absolute atomic E-state index is 0.0790. The molecule has 2 unspecified atom stereocenters. The minimum Gasteiger partial charge on any atom is -0.478 e. The van der Waals surface area contributed by atoms with Gasteiger partial charge in [-0.05, 0) is 11.6 Å². The van der Waals surface area contributed by atoms with Gasteiger partial charge in [-0.15, -0.1) is 0 Å². The number of hydrogen-bond donors (Lipinski definition) is 1. The first-order valence-corrected chi connectivity index (χ1v) is 5.05. The van der Waals surface area contributed by atoms with Crippen molar-refractivity contribution in [3.8, 4) is 0 Å². The molecule has 0 amide bonds. The number of hydrogen-bond acceptors (Lipinski definition) is 2. The number of carboxylic acids is 1. The predicted molar refractivity (Wildman–Crippen MR) is 60.0 cm³/mol. The molecule has 3 nitrogen and oxygen atoms in total. The average molecular weight is 216 g/mol. The fourth-order valence-corrected chi connectivity index (χ4v) is 1.59. The van der Waals surface area contributed by atoms with Crippen molar-refractivity contribution < 1.29 is 14.6 Å². The molecule has 1 aromatic rings. The summed E-state index contributed by atoms with van der Waals surface area (Å²) in [4.78, 5) is 10.3. The zero-order valence-electron chi connectivity index (χ0n) is 8.61. The van der Waals surface area contributed by atoms with Crippen LogP contribution in [0, 0.1) is 0 Å². The molecule has 0 saturated heterocycles. The third kappa shape index (κ3) is 2.58. The van der Waals surface area contributed by atoms with E-state index in [4.69, 9.17) is 9.84 Å². The summed E-state index contributed by atoms with van der Waals surface area (Å²) >= 11 is 0. The van der Waals surface area contributed by atoms with Crippen LogP contribution in [0.3, 0.4) is 0 Å². The van der Waals surface area contributed by atoms with Gasteiger partial charge in [0.1, 0.15) is 6.10 Å². The van der Waals surface area contributed by atoms with Crippen molar-refractivity contribution in [3.63, 3.8) is 0 Å². The molecular weight excluding hydrogens is 204 g/mol. The molecule has 0 aliphatic carbocycles. The summed E-state index contributed by atoms with van der Waals surface area (Å²) in [6.45, 7) is 0. The van der Waals surface area contributed by atoms with E-state index in [-0.39, 0.29) is 12.2 Å². The van der Waals surface area contributed by atoms with Crippen molar-refractivity contribution in [1.29, 1.82) is 0 Å². The summed E-state index contributed by atoms with van der Waals surface area (Å²) in [5.41, 5.74) is 1.07. The molecule has 2 atom stereocenters. The second-order valence-corrected chi connectivity index (χ2v) is 3.51. The molecule has 0 saturated carbocycles. The molecule has 3 heteroatoms. The molecule has 1 N–H and O–H groups in total. The van der Waals surface area contributed by atoms with Gasteiger partial charge in [0.25, 0.3) is 0 Å². The van der Waals surface area contributed by atoms with Crippen LogP contribution in [0.5, 0.6) is 0 Å². The quantitative estimate of drug-likeness (QED) is 0.623. The fourth-order valence-electron chi connectivity index (χ4n) is 1.59. The Balaban J connectivity index is 2.00. The molecule has 0 spiro atoms. The SMILES string of the molecule is O=C(O)C=CC1C=CC(c2ccccc2)O1. The monoisotopic (exact) mass is 216 g/mol. The van der Waals surface area contributed by atoms with Gasteiger partial charge < -0.3 is 9.84 Å². The Bertz CT molecular complexity index is 420. The first-order valence-electron chi connectivity index (χ1n) is 5.05. The number of carboxylic acid groups (broad SMARTS) is 1. The van der Waals surface area contributed by atoms with Gasteiger partial charge in [-0.2, -0.15) is 0 Å². The summed E-state index contributed by atoms with van der Waals surface area (Å²) < 4.78 is 5.64. The molecule has 0 aromatic heterocycles. The first-order chi connectivity index (χ1) is 7.75. The van der Waals surface area contributed by atoms with Crippen molar-refractivity contribution in [2.24, 2.45) is 0 Å². The van der Waals surface area contributed by atoms with Crippen LogP contribution in [0.15, 0.2) is 54.6 Å². The number of rotatable bonds is 3. The lowest BCUT2D eigenvalue weighted by Crippen LogP contribution is -2.04. The van der Waals surface area contributed by atoms with Crippen LogP contribution in [-0.4, -0.2) is 17.2 Å². The molecule has 1 aliphatic rings. The Hall–Kier alpha value is -1.87. The molecule has 1 aromatic carbocycles. The highest BCUT2D eigenvalue weighted by Crippen LogP contribution is 2.26. The van der Waals surface area contributed by atoms with Crippen molar-refractivity contribution in [3.05, 3.63) is 60.2 Å². The van der Waals surface area contributed by atoms with Crippen LogP contribution >= 0.6 is 0 Å². The zero-order valence-corrected chi connectivity index (χ0v) is 8.61. The van der Waals surface area contributed by atoms with E-state index in [1.54, 1.807) is 0 Å². The standard InChI is InChI=1S/C13H12O3/c14-13(15)9-7-11-6-8-12(16-11)10-4-2-1-3-5-10/h1-9,11-12H,(H,14,15). The third-order valence-corrected chi connectivity index (χ3v) is 2.34. The minimum atomic E-state index is -0.958.